The number of thioether (sulfide) groups is 1. The van der Waals surface area contributed by atoms with Crippen molar-refractivity contribution in [3.8, 4) is 0 Å². The summed E-state index contributed by atoms with van der Waals surface area (Å²) < 4.78 is 12.6. The first-order valence-corrected chi connectivity index (χ1v) is 11.7. The van der Waals surface area contributed by atoms with Crippen LogP contribution in [0.5, 0.6) is 0 Å². The largest absolute Gasteiger partial charge is 0.444 e. The van der Waals surface area contributed by atoms with Crippen molar-refractivity contribution in [2.24, 2.45) is 5.41 Å². The van der Waals surface area contributed by atoms with E-state index in [1.807, 2.05) is 37.2 Å². The van der Waals surface area contributed by atoms with Gasteiger partial charge in [-0.05, 0) is 74.3 Å². The van der Waals surface area contributed by atoms with Crippen molar-refractivity contribution in [2.75, 3.05) is 38.3 Å². The van der Waals surface area contributed by atoms with Crippen molar-refractivity contribution < 1.29 is 14.3 Å². The predicted octanol–water partition coefficient (Wildman–Crippen LogP) is 1.94. The van der Waals surface area contributed by atoms with Crippen molar-refractivity contribution in [3.05, 3.63) is 5.82 Å². The van der Waals surface area contributed by atoms with Gasteiger partial charge in [-0.3, -0.25) is 0 Å². The molecule has 0 aromatic carbocycles. The van der Waals surface area contributed by atoms with E-state index in [0.29, 0.717) is 31.7 Å². The van der Waals surface area contributed by atoms with Crippen molar-refractivity contribution in [1.82, 2.24) is 30.8 Å². The number of rotatable bonds is 11. The molecule has 0 bridgehead atoms. The highest BCUT2D eigenvalue weighted by atomic mass is 32.2. The number of ether oxygens (including phenoxy) is 2. The fraction of sp³-hybridized carbons (Fsp3) is 0.895. The Morgan fingerprint density at radius 1 is 1.31 bits per heavy atom. The Bertz CT molecular complexity index is 682. The molecule has 0 radical (unpaired) electrons. The van der Waals surface area contributed by atoms with Crippen LogP contribution in [-0.4, -0.2) is 70.2 Å². The van der Waals surface area contributed by atoms with E-state index in [2.05, 4.69) is 32.4 Å². The summed E-state index contributed by atoms with van der Waals surface area (Å²) >= 11 is 1.91. The van der Waals surface area contributed by atoms with Crippen LogP contribution in [-0.2, 0) is 21.6 Å². The molecule has 29 heavy (non-hydrogen) atoms. The number of nitrogens with one attached hydrogen (secondary N) is 2. The van der Waals surface area contributed by atoms with E-state index in [-0.39, 0.29) is 11.6 Å². The van der Waals surface area contributed by atoms with Crippen LogP contribution in [0.4, 0.5) is 4.79 Å². The van der Waals surface area contributed by atoms with Gasteiger partial charge in [0.25, 0.3) is 0 Å². The topological polar surface area (TPSA) is 103 Å². The number of amides is 1. The smallest absolute Gasteiger partial charge is 0.407 e. The third kappa shape index (κ3) is 6.05. The Morgan fingerprint density at radius 3 is 2.66 bits per heavy atom. The van der Waals surface area contributed by atoms with Crippen molar-refractivity contribution >= 4 is 17.9 Å². The summed E-state index contributed by atoms with van der Waals surface area (Å²) in [4.78, 5) is 11.7. The summed E-state index contributed by atoms with van der Waals surface area (Å²) in [5.74, 6) is 2.04. The van der Waals surface area contributed by atoms with E-state index >= 15 is 0 Å². The first-order valence-electron chi connectivity index (χ1n) is 10.3. The lowest BCUT2D eigenvalue weighted by molar-refractivity contribution is -0.0868. The average molecular weight is 427 g/mol. The number of nitrogens with zero attached hydrogens (tertiary/aromatic N) is 4. The second kappa shape index (κ2) is 9.18. The standard InChI is InChI=1S/C19H34N6O3S/c1-17(2,3)28-16(26)20-9-5-6-10-25-15(22-23-24-25)19(12-27-13-19)21-11-18(7-8-18)14-29-4/h21H,5-14H2,1-4H3,(H,20,26). The summed E-state index contributed by atoms with van der Waals surface area (Å²) in [6.45, 7) is 9.01. The van der Waals surface area contributed by atoms with Crippen molar-refractivity contribution in [3.63, 3.8) is 0 Å². The molecule has 1 aromatic heterocycles. The van der Waals surface area contributed by atoms with Crippen LogP contribution in [0.3, 0.4) is 0 Å². The third-order valence-corrected chi connectivity index (χ3v) is 6.23. The molecule has 0 unspecified atom stereocenters. The first kappa shape index (κ1) is 22.3. The summed E-state index contributed by atoms with van der Waals surface area (Å²) in [6.07, 6.45) is 6.05. The van der Waals surface area contributed by atoms with Crippen LogP contribution in [0.1, 0.15) is 52.3 Å². The molecule has 2 fully saturated rings. The van der Waals surface area contributed by atoms with Gasteiger partial charge < -0.3 is 20.1 Å². The van der Waals surface area contributed by atoms with E-state index < -0.39 is 5.60 Å². The van der Waals surface area contributed by atoms with Crippen LogP contribution in [0, 0.1) is 5.41 Å². The number of aryl methyl sites for hydroxylation is 1. The number of alkyl carbamates (subject to hydrolysis) is 1. The zero-order chi connectivity index (χ0) is 21.0. The van der Waals surface area contributed by atoms with Gasteiger partial charge in [-0.25, -0.2) is 9.48 Å². The van der Waals surface area contributed by atoms with Gasteiger partial charge in [-0.1, -0.05) is 0 Å². The van der Waals surface area contributed by atoms with Crippen LogP contribution in [0.15, 0.2) is 0 Å². The lowest BCUT2D eigenvalue weighted by Gasteiger charge is -2.41. The van der Waals surface area contributed by atoms with Gasteiger partial charge in [0.05, 0.1) is 13.2 Å². The Morgan fingerprint density at radius 2 is 2.07 bits per heavy atom. The molecule has 1 aliphatic carbocycles. The fourth-order valence-electron chi connectivity index (χ4n) is 3.42. The van der Waals surface area contributed by atoms with E-state index in [1.54, 1.807) is 0 Å². The molecule has 1 saturated heterocycles. The molecule has 1 amide bonds. The van der Waals surface area contributed by atoms with Crippen LogP contribution >= 0.6 is 11.8 Å². The number of hydrogen-bond acceptors (Lipinski definition) is 8. The maximum absolute atomic E-state index is 11.7. The number of carbonyl (C=O) groups excluding carboxylic acids is 1. The molecule has 1 aromatic rings. The summed E-state index contributed by atoms with van der Waals surface area (Å²) in [5.41, 5.74) is -0.341. The molecule has 0 atom stereocenters. The molecule has 2 N–H and O–H groups in total. The Balaban J connectivity index is 1.45. The van der Waals surface area contributed by atoms with Gasteiger partial charge in [0, 0.05) is 19.6 Å². The van der Waals surface area contributed by atoms with Crippen molar-refractivity contribution in [1.29, 1.82) is 0 Å². The third-order valence-electron chi connectivity index (χ3n) is 5.33. The first-order chi connectivity index (χ1) is 13.8. The average Bonchev–Trinajstić information content (AvgIpc) is 3.20. The molecule has 0 spiro atoms. The van der Waals surface area contributed by atoms with Gasteiger partial charge >= 0.3 is 6.09 Å². The molecule has 10 heteroatoms. The van der Waals surface area contributed by atoms with E-state index in [4.69, 9.17) is 9.47 Å². The summed E-state index contributed by atoms with van der Waals surface area (Å²) in [6, 6.07) is 0. The minimum Gasteiger partial charge on any atom is -0.444 e. The van der Waals surface area contributed by atoms with E-state index in [0.717, 1.165) is 25.2 Å². The second-order valence-corrected chi connectivity index (χ2v) is 10.1. The zero-order valence-electron chi connectivity index (χ0n) is 18.0. The molecule has 9 nitrogen and oxygen atoms in total. The molecule has 164 valence electrons. The molecule has 2 heterocycles. The highest BCUT2D eigenvalue weighted by molar-refractivity contribution is 7.98. The number of hydrogen-bond donors (Lipinski definition) is 2. The molecule has 2 aliphatic rings. The van der Waals surface area contributed by atoms with E-state index in [9.17, 15) is 4.79 Å². The quantitative estimate of drug-likeness (QED) is 0.518. The molecular formula is C19H34N6O3S. The van der Waals surface area contributed by atoms with Gasteiger partial charge in [0.2, 0.25) is 0 Å². The molecule has 3 rings (SSSR count). The van der Waals surface area contributed by atoms with Crippen LogP contribution in [0.25, 0.3) is 0 Å². The van der Waals surface area contributed by atoms with Gasteiger partial charge in [0.1, 0.15) is 11.1 Å². The number of carbonyl (C=O) groups is 1. The maximum Gasteiger partial charge on any atom is 0.407 e. The maximum atomic E-state index is 11.7. The SMILES string of the molecule is CSCC1(CNC2(c3nnnn3CCCCNC(=O)OC(C)(C)C)COC2)CC1. The van der Waals surface area contributed by atoms with Crippen LogP contribution < -0.4 is 10.6 Å². The van der Waals surface area contributed by atoms with Gasteiger partial charge in [-0.15, -0.1) is 5.10 Å². The Hall–Kier alpha value is -1.39. The number of aromatic nitrogens is 4. The molecular weight excluding hydrogens is 392 g/mol. The van der Waals surface area contributed by atoms with Crippen molar-refractivity contribution in [2.45, 2.75) is 64.1 Å². The minimum absolute atomic E-state index is 0.285. The summed E-state index contributed by atoms with van der Waals surface area (Å²) in [7, 11) is 0. The lowest BCUT2D eigenvalue weighted by atomic mass is 9.94. The van der Waals surface area contributed by atoms with Gasteiger partial charge in [-0.2, -0.15) is 11.8 Å². The van der Waals surface area contributed by atoms with Crippen LogP contribution in [0.2, 0.25) is 0 Å². The monoisotopic (exact) mass is 426 g/mol. The fourth-order valence-corrected chi connectivity index (χ4v) is 4.42. The van der Waals surface area contributed by atoms with Gasteiger partial charge in [0.15, 0.2) is 5.82 Å². The zero-order valence-corrected chi connectivity index (χ0v) is 18.8. The Kier molecular flexibility index (Phi) is 7.06. The highest BCUT2D eigenvalue weighted by Gasteiger charge is 2.49. The Labute approximate surface area is 177 Å². The second-order valence-electron chi connectivity index (χ2n) is 9.22. The molecule has 1 saturated carbocycles. The molecule has 1 aliphatic heterocycles. The highest BCUT2D eigenvalue weighted by Crippen LogP contribution is 2.48. The normalized spacial score (nSPS) is 19.4. The number of tetrazole rings is 1. The van der Waals surface area contributed by atoms with E-state index in [1.165, 1.54) is 18.6 Å². The lowest BCUT2D eigenvalue weighted by Crippen LogP contribution is -2.60. The number of unbranched alkanes of at least 4 members (excludes halogenated alkanes) is 1. The predicted molar refractivity (Wildman–Crippen MR) is 112 cm³/mol. The summed E-state index contributed by atoms with van der Waals surface area (Å²) in [5, 5.41) is 18.9. The minimum atomic E-state index is -0.480.